The fraction of sp³-hybridized carbons (Fsp3) is 0.133. The van der Waals surface area contributed by atoms with Gasteiger partial charge in [-0.2, -0.15) is 0 Å². The second-order valence-electron chi connectivity index (χ2n) is 4.76. The van der Waals surface area contributed by atoms with E-state index in [1.807, 2.05) is 6.07 Å². The molecule has 0 aliphatic rings. The maximum atomic E-state index is 12.3. The van der Waals surface area contributed by atoms with Gasteiger partial charge in [-0.1, -0.05) is 53.0 Å². The van der Waals surface area contributed by atoms with E-state index in [4.69, 9.17) is 34.8 Å². The number of rotatable bonds is 5. The highest BCUT2D eigenvalue weighted by Gasteiger charge is 2.34. The SMILES string of the molecule is O=C(N[C@@H](Nc1ccccc1)C(Cl)(Cl)Cl)c1ccc([N+](=O)[O-])cc1. The number of amides is 1. The fourth-order valence-electron chi connectivity index (χ4n) is 1.85. The fourth-order valence-corrected chi connectivity index (χ4v) is 2.18. The van der Waals surface area contributed by atoms with Crippen LogP contribution in [0.2, 0.25) is 0 Å². The number of hydrogen-bond donors (Lipinski definition) is 2. The lowest BCUT2D eigenvalue weighted by atomic mass is 10.2. The van der Waals surface area contributed by atoms with Gasteiger partial charge in [0.05, 0.1) is 4.92 Å². The molecule has 2 N–H and O–H groups in total. The molecule has 24 heavy (non-hydrogen) atoms. The molecule has 0 bridgehead atoms. The highest BCUT2D eigenvalue weighted by Crippen LogP contribution is 2.31. The Labute approximate surface area is 152 Å². The summed E-state index contributed by atoms with van der Waals surface area (Å²) >= 11 is 17.7. The molecule has 6 nitrogen and oxygen atoms in total. The molecule has 2 rings (SSSR count). The average molecular weight is 389 g/mol. The first kappa shape index (κ1) is 18.3. The highest BCUT2D eigenvalue weighted by molar-refractivity contribution is 6.68. The molecule has 9 heteroatoms. The van der Waals surface area contributed by atoms with Crippen molar-refractivity contribution in [1.82, 2.24) is 5.32 Å². The van der Waals surface area contributed by atoms with Gasteiger partial charge in [-0.3, -0.25) is 14.9 Å². The Balaban J connectivity index is 2.14. The van der Waals surface area contributed by atoms with Crippen LogP contribution in [-0.2, 0) is 0 Å². The van der Waals surface area contributed by atoms with Crippen molar-refractivity contribution in [3.63, 3.8) is 0 Å². The second-order valence-corrected chi connectivity index (χ2v) is 7.13. The minimum absolute atomic E-state index is 0.119. The summed E-state index contributed by atoms with van der Waals surface area (Å²) in [7, 11) is 0. The molecule has 0 saturated heterocycles. The molecule has 0 saturated carbocycles. The Kier molecular flexibility index (Phi) is 5.88. The molecular weight excluding hydrogens is 377 g/mol. The summed E-state index contributed by atoms with van der Waals surface area (Å²) in [5.74, 6) is -0.537. The van der Waals surface area contributed by atoms with E-state index in [2.05, 4.69) is 10.6 Å². The lowest BCUT2D eigenvalue weighted by Crippen LogP contribution is -2.49. The van der Waals surface area contributed by atoms with Gasteiger partial charge in [0.15, 0.2) is 0 Å². The molecule has 126 valence electrons. The first-order valence-corrected chi connectivity index (χ1v) is 7.84. The first-order valence-electron chi connectivity index (χ1n) is 6.71. The number of nitrogens with zero attached hydrogens (tertiary/aromatic N) is 1. The molecular formula is C15H12Cl3N3O3. The summed E-state index contributed by atoms with van der Waals surface area (Å²) in [6.07, 6.45) is -1.01. The molecule has 0 unspecified atom stereocenters. The van der Waals surface area contributed by atoms with Crippen LogP contribution in [0.5, 0.6) is 0 Å². The predicted octanol–water partition coefficient (Wildman–Crippen LogP) is 4.13. The monoisotopic (exact) mass is 387 g/mol. The van der Waals surface area contributed by atoms with Crippen molar-refractivity contribution in [2.45, 2.75) is 9.96 Å². The normalized spacial score (nSPS) is 12.3. The Bertz CT molecular complexity index is 718. The van der Waals surface area contributed by atoms with E-state index in [0.29, 0.717) is 5.69 Å². The molecule has 0 spiro atoms. The van der Waals surface area contributed by atoms with Crippen molar-refractivity contribution in [3.05, 3.63) is 70.3 Å². The molecule has 2 aromatic carbocycles. The van der Waals surface area contributed by atoms with Gasteiger partial charge in [0.2, 0.25) is 3.79 Å². The third-order valence-corrected chi connectivity index (χ3v) is 3.68. The molecule has 0 aliphatic heterocycles. The van der Waals surface area contributed by atoms with E-state index in [1.165, 1.54) is 24.3 Å². The largest absolute Gasteiger partial charge is 0.362 e. The molecule has 0 heterocycles. The molecule has 1 amide bonds. The van der Waals surface area contributed by atoms with Gasteiger partial charge in [-0.15, -0.1) is 0 Å². The maximum absolute atomic E-state index is 12.3. The van der Waals surface area contributed by atoms with Crippen LogP contribution in [-0.4, -0.2) is 20.8 Å². The number of nitro groups is 1. The molecule has 0 aliphatic carbocycles. The van der Waals surface area contributed by atoms with Crippen LogP contribution >= 0.6 is 34.8 Å². The molecule has 0 radical (unpaired) electrons. The number of carbonyl (C=O) groups is 1. The Morgan fingerprint density at radius 2 is 1.62 bits per heavy atom. The number of carbonyl (C=O) groups excluding carboxylic acids is 1. The van der Waals surface area contributed by atoms with Crippen LogP contribution in [0.25, 0.3) is 0 Å². The lowest BCUT2D eigenvalue weighted by molar-refractivity contribution is -0.384. The van der Waals surface area contributed by atoms with E-state index in [1.54, 1.807) is 24.3 Å². The summed E-state index contributed by atoms with van der Waals surface area (Å²) in [4.78, 5) is 22.4. The number of alkyl halides is 3. The average Bonchev–Trinajstić information content (AvgIpc) is 2.54. The smallest absolute Gasteiger partial charge is 0.269 e. The molecule has 0 aromatic heterocycles. The van der Waals surface area contributed by atoms with E-state index in [-0.39, 0.29) is 11.3 Å². The number of nitrogens with one attached hydrogen (secondary N) is 2. The number of nitro benzene ring substituents is 1. The van der Waals surface area contributed by atoms with E-state index in [0.717, 1.165) is 0 Å². The van der Waals surface area contributed by atoms with Crippen molar-refractivity contribution in [2.75, 3.05) is 5.32 Å². The maximum Gasteiger partial charge on any atom is 0.269 e. The summed E-state index contributed by atoms with van der Waals surface area (Å²) in [6, 6.07) is 14.0. The van der Waals surface area contributed by atoms with Crippen LogP contribution in [0.1, 0.15) is 10.4 Å². The summed E-state index contributed by atoms with van der Waals surface area (Å²) in [6.45, 7) is 0. The van der Waals surface area contributed by atoms with Crippen LogP contribution in [0.4, 0.5) is 11.4 Å². The van der Waals surface area contributed by atoms with Gasteiger partial charge in [0.1, 0.15) is 6.17 Å². The van der Waals surface area contributed by atoms with Crippen molar-refractivity contribution < 1.29 is 9.72 Å². The van der Waals surface area contributed by atoms with Crippen molar-refractivity contribution >= 4 is 52.1 Å². The Morgan fingerprint density at radius 1 is 1.04 bits per heavy atom. The van der Waals surface area contributed by atoms with Gasteiger partial charge in [0, 0.05) is 23.4 Å². The van der Waals surface area contributed by atoms with Gasteiger partial charge in [-0.25, -0.2) is 0 Å². The zero-order valence-corrected chi connectivity index (χ0v) is 14.3. The van der Waals surface area contributed by atoms with Gasteiger partial charge in [-0.05, 0) is 24.3 Å². The summed E-state index contributed by atoms with van der Waals surface area (Å²) < 4.78 is -1.81. The minimum atomic E-state index is -1.81. The standard InChI is InChI=1S/C15H12Cl3N3O3/c16-15(17,18)14(19-11-4-2-1-3-5-11)20-13(22)10-6-8-12(9-7-10)21(23)24/h1-9,14,19H,(H,20,22)/t14-/m1/s1. The predicted molar refractivity (Wildman–Crippen MR) is 94.7 cm³/mol. The highest BCUT2D eigenvalue weighted by atomic mass is 35.6. The minimum Gasteiger partial charge on any atom is -0.362 e. The van der Waals surface area contributed by atoms with Crippen LogP contribution < -0.4 is 10.6 Å². The van der Waals surface area contributed by atoms with Crippen molar-refractivity contribution in [3.8, 4) is 0 Å². The van der Waals surface area contributed by atoms with Gasteiger partial charge >= 0.3 is 0 Å². The zero-order chi connectivity index (χ0) is 17.7. The first-order chi connectivity index (χ1) is 11.3. The van der Waals surface area contributed by atoms with Crippen LogP contribution in [0.15, 0.2) is 54.6 Å². The number of anilines is 1. The zero-order valence-electron chi connectivity index (χ0n) is 12.1. The number of hydrogen-bond acceptors (Lipinski definition) is 4. The number of halogens is 3. The third kappa shape index (κ3) is 4.99. The van der Waals surface area contributed by atoms with Gasteiger partial charge < -0.3 is 10.6 Å². The van der Waals surface area contributed by atoms with Gasteiger partial charge in [0.25, 0.3) is 11.6 Å². The van der Waals surface area contributed by atoms with E-state index in [9.17, 15) is 14.9 Å². The Hall–Kier alpha value is -2.02. The summed E-state index contributed by atoms with van der Waals surface area (Å²) in [5.41, 5.74) is 0.736. The number of non-ortho nitro benzene ring substituents is 1. The van der Waals surface area contributed by atoms with Crippen LogP contribution in [0.3, 0.4) is 0 Å². The van der Waals surface area contributed by atoms with E-state index < -0.39 is 20.8 Å². The topological polar surface area (TPSA) is 84.3 Å². The molecule has 2 aromatic rings. The van der Waals surface area contributed by atoms with E-state index >= 15 is 0 Å². The molecule has 1 atom stereocenters. The Morgan fingerprint density at radius 3 is 2.12 bits per heavy atom. The van der Waals surface area contributed by atoms with Crippen molar-refractivity contribution in [2.24, 2.45) is 0 Å². The third-order valence-electron chi connectivity index (χ3n) is 3.03. The van der Waals surface area contributed by atoms with Crippen LogP contribution in [0, 0.1) is 10.1 Å². The second kappa shape index (κ2) is 7.70. The molecule has 0 fully saturated rings. The van der Waals surface area contributed by atoms with Crippen molar-refractivity contribution in [1.29, 1.82) is 0 Å². The number of para-hydroxylation sites is 1. The number of benzene rings is 2. The summed E-state index contributed by atoms with van der Waals surface area (Å²) in [5, 5.41) is 16.1. The quantitative estimate of drug-likeness (QED) is 0.349. The lowest BCUT2D eigenvalue weighted by Gasteiger charge is -2.27.